The predicted octanol–water partition coefficient (Wildman–Crippen LogP) is 3.58. The molecular formula is C28H31N3O3. The summed E-state index contributed by atoms with van der Waals surface area (Å²) in [5.41, 5.74) is 8.06. The molecule has 6 heteroatoms. The number of hydrazine groups is 1. The average Bonchev–Trinajstić information content (AvgIpc) is 2.89. The molecule has 0 spiro atoms. The summed E-state index contributed by atoms with van der Waals surface area (Å²) in [6.45, 7) is 4.51. The molecule has 2 aliphatic rings. The predicted molar refractivity (Wildman–Crippen MR) is 131 cm³/mol. The van der Waals surface area contributed by atoms with E-state index >= 15 is 0 Å². The van der Waals surface area contributed by atoms with Crippen LogP contribution in [0.4, 0.5) is 0 Å². The molecule has 0 aromatic heterocycles. The van der Waals surface area contributed by atoms with Gasteiger partial charge in [0, 0.05) is 26.2 Å². The van der Waals surface area contributed by atoms with Crippen molar-refractivity contribution in [2.75, 3.05) is 39.5 Å². The minimum atomic E-state index is -0.148. The lowest BCUT2D eigenvalue weighted by Crippen LogP contribution is -2.49. The van der Waals surface area contributed by atoms with E-state index in [9.17, 15) is 4.79 Å². The molecule has 1 amide bonds. The summed E-state index contributed by atoms with van der Waals surface area (Å²) in [6, 6.07) is 27.7. The Morgan fingerprint density at radius 2 is 1.68 bits per heavy atom. The first-order valence-corrected chi connectivity index (χ1v) is 12.0. The van der Waals surface area contributed by atoms with Gasteiger partial charge in [-0.1, -0.05) is 66.7 Å². The Kier molecular flexibility index (Phi) is 7.19. The smallest absolute Gasteiger partial charge is 0.272 e. The van der Waals surface area contributed by atoms with Gasteiger partial charge in [0.05, 0.1) is 19.3 Å². The second-order valence-corrected chi connectivity index (χ2v) is 8.80. The van der Waals surface area contributed by atoms with Gasteiger partial charge in [0.25, 0.3) is 5.91 Å². The zero-order chi connectivity index (χ0) is 23.2. The van der Waals surface area contributed by atoms with E-state index in [-0.39, 0.29) is 18.6 Å². The van der Waals surface area contributed by atoms with Crippen molar-refractivity contribution in [1.29, 1.82) is 0 Å². The van der Waals surface area contributed by atoms with Crippen LogP contribution < -0.4 is 10.2 Å². The molecule has 1 N–H and O–H groups in total. The van der Waals surface area contributed by atoms with Gasteiger partial charge in [0.1, 0.15) is 5.75 Å². The van der Waals surface area contributed by atoms with E-state index in [1.807, 2.05) is 11.1 Å². The standard InChI is InChI=1S/C28H31N3O3/c32-27(29-31-15-17-33-18-16-31)21-34-25-12-11-23-13-14-30(20-22-7-3-1-4-8-22)28(26(23)19-25)24-9-5-2-6-10-24/h1-12,19,28H,13-18,20-21H2,(H,29,32). The minimum absolute atomic E-state index is 0.0140. The fourth-order valence-corrected chi connectivity index (χ4v) is 4.78. The van der Waals surface area contributed by atoms with Crippen LogP contribution in [0.1, 0.15) is 28.3 Å². The Balaban J connectivity index is 1.34. The summed E-state index contributed by atoms with van der Waals surface area (Å²) in [5, 5.41) is 1.88. The first-order valence-electron chi connectivity index (χ1n) is 12.0. The fourth-order valence-electron chi connectivity index (χ4n) is 4.78. The van der Waals surface area contributed by atoms with Crippen LogP contribution in [0.2, 0.25) is 0 Å². The van der Waals surface area contributed by atoms with Crippen molar-refractivity contribution < 1.29 is 14.3 Å². The van der Waals surface area contributed by atoms with Crippen LogP contribution >= 0.6 is 0 Å². The highest BCUT2D eigenvalue weighted by molar-refractivity contribution is 5.77. The number of carbonyl (C=O) groups excluding carboxylic acids is 1. The molecule has 2 heterocycles. The number of morpholine rings is 1. The summed E-state index contributed by atoms with van der Waals surface area (Å²) in [4.78, 5) is 14.9. The van der Waals surface area contributed by atoms with Gasteiger partial charge in [-0.2, -0.15) is 0 Å². The highest BCUT2D eigenvalue weighted by Crippen LogP contribution is 2.37. The van der Waals surface area contributed by atoms with Crippen molar-refractivity contribution in [3.05, 3.63) is 101 Å². The van der Waals surface area contributed by atoms with Gasteiger partial charge in [-0.15, -0.1) is 0 Å². The normalized spacial score (nSPS) is 18.8. The Bertz CT molecular complexity index is 1080. The molecule has 1 atom stereocenters. The summed E-state index contributed by atoms with van der Waals surface area (Å²) < 4.78 is 11.3. The number of nitrogens with one attached hydrogen (secondary N) is 1. The maximum atomic E-state index is 12.4. The van der Waals surface area contributed by atoms with Gasteiger partial charge < -0.3 is 9.47 Å². The lowest BCUT2D eigenvalue weighted by atomic mass is 9.87. The number of carbonyl (C=O) groups is 1. The molecule has 1 unspecified atom stereocenters. The van der Waals surface area contributed by atoms with Crippen molar-refractivity contribution in [3.8, 4) is 5.75 Å². The van der Waals surface area contributed by atoms with E-state index in [0.29, 0.717) is 26.3 Å². The van der Waals surface area contributed by atoms with Crippen molar-refractivity contribution in [1.82, 2.24) is 15.3 Å². The van der Waals surface area contributed by atoms with Crippen LogP contribution in [0.5, 0.6) is 5.75 Å². The summed E-state index contributed by atoms with van der Waals surface area (Å²) >= 11 is 0. The molecule has 0 bridgehead atoms. The third kappa shape index (κ3) is 5.47. The van der Waals surface area contributed by atoms with E-state index in [4.69, 9.17) is 9.47 Å². The van der Waals surface area contributed by atoms with Crippen LogP contribution in [0.25, 0.3) is 0 Å². The van der Waals surface area contributed by atoms with E-state index < -0.39 is 0 Å². The van der Waals surface area contributed by atoms with Gasteiger partial charge in [-0.25, -0.2) is 5.01 Å². The second-order valence-electron chi connectivity index (χ2n) is 8.80. The Morgan fingerprint density at radius 1 is 0.941 bits per heavy atom. The Labute approximate surface area is 201 Å². The lowest BCUT2D eigenvalue weighted by molar-refractivity contribution is -0.130. The van der Waals surface area contributed by atoms with Crippen LogP contribution in [0, 0.1) is 0 Å². The zero-order valence-electron chi connectivity index (χ0n) is 19.4. The fraction of sp³-hybridized carbons (Fsp3) is 0.321. The quantitative estimate of drug-likeness (QED) is 0.588. The van der Waals surface area contributed by atoms with Crippen molar-refractivity contribution >= 4 is 5.91 Å². The molecule has 0 radical (unpaired) electrons. The Hall–Kier alpha value is -3.19. The van der Waals surface area contributed by atoms with Gasteiger partial charge >= 0.3 is 0 Å². The number of nitrogens with zero attached hydrogens (tertiary/aromatic N) is 2. The Morgan fingerprint density at radius 3 is 2.44 bits per heavy atom. The van der Waals surface area contributed by atoms with E-state index in [2.05, 4.69) is 83.1 Å². The molecule has 0 aliphatic carbocycles. The number of hydrogen-bond donors (Lipinski definition) is 1. The third-order valence-electron chi connectivity index (χ3n) is 6.45. The van der Waals surface area contributed by atoms with Crippen LogP contribution in [0.3, 0.4) is 0 Å². The van der Waals surface area contributed by atoms with Gasteiger partial charge in [0.15, 0.2) is 6.61 Å². The molecule has 3 aromatic rings. The largest absolute Gasteiger partial charge is 0.484 e. The van der Waals surface area contributed by atoms with Gasteiger partial charge in [-0.3, -0.25) is 15.1 Å². The number of hydrogen-bond acceptors (Lipinski definition) is 5. The third-order valence-corrected chi connectivity index (χ3v) is 6.45. The number of fused-ring (bicyclic) bond motifs is 1. The molecule has 2 aliphatic heterocycles. The molecule has 6 nitrogen and oxygen atoms in total. The van der Waals surface area contributed by atoms with E-state index in [1.165, 1.54) is 22.3 Å². The minimum Gasteiger partial charge on any atom is -0.484 e. The summed E-state index contributed by atoms with van der Waals surface area (Å²) in [7, 11) is 0. The zero-order valence-corrected chi connectivity index (χ0v) is 19.4. The molecule has 176 valence electrons. The number of ether oxygens (including phenoxy) is 2. The monoisotopic (exact) mass is 457 g/mol. The maximum Gasteiger partial charge on any atom is 0.272 e. The molecule has 3 aromatic carbocycles. The highest BCUT2D eigenvalue weighted by atomic mass is 16.5. The lowest BCUT2D eigenvalue weighted by Gasteiger charge is -2.38. The van der Waals surface area contributed by atoms with Crippen molar-refractivity contribution in [3.63, 3.8) is 0 Å². The first kappa shape index (κ1) is 22.6. The molecule has 1 fully saturated rings. The van der Waals surface area contributed by atoms with E-state index in [0.717, 1.165) is 25.3 Å². The molecule has 34 heavy (non-hydrogen) atoms. The topological polar surface area (TPSA) is 54.0 Å². The maximum absolute atomic E-state index is 12.4. The second kappa shape index (κ2) is 10.8. The van der Waals surface area contributed by atoms with E-state index in [1.54, 1.807) is 0 Å². The molecule has 0 saturated carbocycles. The SMILES string of the molecule is O=C(COc1ccc2c(c1)C(c1ccccc1)N(Cc1ccccc1)CC2)NN1CCOCC1. The van der Waals surface area contributed by atoms with Crippen LogP contribution in [-0.2, 0) is 22.5 Å². The molecule has 1 saturated heterocycles. The number of amides is 1. The first-order chi connectivity index (χ1) is 16.8. The van der Waals surface area contributed by atoms with Crippen molar-refractivity contribution in [2.24, 2.45) is 0 Å². The van der Waals surface area contributed by atoms with Gasteiger partial charge in [-0.05, 0) is 40.8 Å². The molecule has 5 rings (SSSR count). The van der Waals surface area contributed by atoms with Crippen molar-refractivity contribution in [2.45, 2.75) is 19.0 Å². The summed E-state index contributed by atoms with van der Waals surface area (Å²) in [6.07, 6.45) is 0.989. The number of benzene rings is 3. The highest BCUT2D eigenvalue weighted by Gasteiger charge is 2.29. The summed E-state index contributed by atoms with van der Waals surface area (Å²) in [5.74, 6) is 0.573. The van der Waals surface area contributed by atoms with Crippen LogP contribution in [0.15, 0.2) is 78.9 Å². The van der Waals surface area contributed by atoms with Gasteiger partial charge in [0.2, 0.25) is 0 Å². The van der Waals surface area contributed by atoms with Crippen LogP contribution in [-0.4, -0.2) is 55.3 Å². The number of rotatable bonds is 7. The average molecular weight is 458 g/mol. The molecular weight excluding hydrogens is 426 g/mol.